The average molecular weight is 438 g/mol. The third kappa shape index (κ3) is 6.12. The van der Waals surface area contributed by atoms with Gasteiger partial charge in [0, 0.05) is 38.6 Å². The molecule has 0 aromatic heterocycles. The van der Waals surface area contributed by atoms with Gasteiger partial charge < -0.3 is 29.7 Å². The van der Waals surface area contributed by atoms with Crippen LogP contribution in [0.2, 0.25) is 0 Å². The minimum atomic E-state index is -0.401. The van der Waals surface area contributed by atoms with E-state index in [1.807, 2.05) is 6.92 Å². The van der Waals surface area contributed by atoms with Gasteiger partial charge in [0.15, 0.2) is 0 Å². The summed E-state index contributed by atoms with van der Waals surface area (Å²) in [6.07, 6.45) is 3.34. The van der Waals surface area contributed by atoms with E-state index in [1.54, 1.807) is 16.8 Å². The van der Waals surface area contributed by atoms with Crippen LogP contribution >= 0.6 is 0 Å². The van der Waals surface area contributed by atoms with E-state index in [2.05, 4.69) is 6.58 Å². The molecule has 1 aliphatic carbocycles. The van der Waals surface area contributed by atoms with Gasteiger partial charge in [0.1, 0.15) is 12.7 Å². The van der Waals surface area contributed by atoms with Gasteiger partial charge >= 0.3 is 12.2 Å². The van der Waals surface area contributed by atoms with Crippen LogP contribution in [0.15, 0.2) is 12.2 Å². The molecule has 2 heterocycles. The second kappa shape index (κ2) is 10.3. The van der Waals surface area contributed by atoms with Crippen molar-refractivity contribution < 1.29 is 28.6 Å². The van der Waals surface area contributed by atoms with Crippen molar-refractivity contribution in [2.45, 2.75) is 63.7 Å². The molecule has 9 nitrogen and oxygen atoms in total. The highest BCUT2D eigenvalue weighted by molar-refractivity contribution is 5.77. The van der Waals surface area contributed by atoms with Crippen molar-refractivity contribution in [1.82, 2.24) is 9.80 Å². The first-order valence-electron chi connectivity index (χ1n) is 11.2. The third-order valence-corrected chi connectivity index (χ3v) is 6.70. The summed E-state index contributed by atoms with van der Waals surface area (Å²) in [6, 6.07) is -0.117. The number of allylic oxidation sites excluding steroid dienone is 1. The van der Waals surface area contributed by atoms with Crippen LogP contribution in [-0.4, -0.2) is 79.5 Å². The van der Waals surface area contributed by atoms with Crippen LogP contribution in [0, 0.1) is 11.8 Å². The van der Waals surface area contributed by atoms with Crippen LogP contribution in [0.1, 0.15) is 45.4 Å². The van der Waals surface area contributed by atoms with E-state index < -0.39 is 12.2 Å². The Balaban J connectivity index is 1.44. The molecule has 3 amide bonds. The van der Waals surface area contributed by atoms with Crippen molar-refractivity contribution in [3.05, 3.63) is 12.2 Å². The lowest BCUT2D eigenvalue weighted by Gasteiger charge is -2.33. The van der Waals surface area contributed by atoms with E-state index in [9.17, 15) is 14.4 Å². The van der Waals surface area contributed by atoms with Gasteiger partial charge in [-0.25, -0.2) is 9.59 Å². The first-order chi connectivity index (χ1) is 14.7. The smallest absolute Gasteiger partial charge is 0.410 e. The minimum Gasteiger partial charge on any atom is -0.447 e. The summed E-state index contributed by atoms with van der Waals surface area (Å²) < 4.78 is 16.5. The number of carbonyl (C=O) groups excluding carboxylic acids is 3. The lowest BCUT2D eigenvalue weighted by molar-refractivity contribution is -0.123. The second-order valence-electron chi connectivity index (χ2n) is 9.05. The Morgan fingerprint density at radius 1 is 1.32 bits per heavy atom. The van der Waals surface area contributed by atoms with E-state index in [-0.39, 0.29) is 42.6 Å². The van der Waals surface area contributed by atoms with Crippen LogP contribution in [0.4, 0.5) is 9.59 Å². The number of rotatable bonds is 6. The molecule has 2 saturated heterocycles. The first-order valence-corrected chi connectivity index (χ1v) is 11.2. The number of nitrogens with two attached hydrogens (primary N) is 1. The van der Waals surface area contributed by atoms with Gasteiger partial charge in [0.2, 0.25) is 5.91 Å². The molecule has 0 aromatic carbocycles. The molecular formula is C22H35N3O6. The maximum Gasteiger partial charge on any atom is 0.410 e. The fourth-order valence-corrected chi connectivity index (χ4v) is 4.65. The predicted octanol–water partition coefficient (Wildman–Crippen LogP) is 2.29. The Morgan fingerprint density at radius 3 is 2.77 bits per heavy atom. The second-order valence-corrected chi connectivity index (χ2v) is 9.05. The zero-order valence-corrected chi connectivity index (χ0v) is 18.6. The molecule has 2 aliphatic heterocycles. The van der Waals surface area contributed by atoms with Crippen LogP contribution in [0.25, 0.3) is 0 Å². The molecule has 9 heteroatoms. The quantitative estimate of drug-likeness (QED) is 0.638. The van der Waals surface area contributed by atoms with E-state index in [4.69, 9.17) is 19.9 Å². The number of hydrogen-bond acceptors (Lipinski definition) is 6. The fraction of sp³-hybridized carbons (Fsp3) is 0.773. The number of primary amides is 1. The SMILES string of the molecule is C=C1CC(C(N)=O)CC(C(C)OC(=O)N2CCC(N(C)C(=O)OCC3CCCO3)C2)C1. The molecule has 5 atom stereocenters. The van der Waals surface area contributed by atoms with Crippen LogP contribution < -0.4 is 5.73 Å². The van der Waals surface area contributed by atoms with Crippen molar-refractivity contribution in [3.8, 4) is 0 Å². The summed E-state index contributed by atoms with van der Waals surface area (Å²) in [5.41, 5.74) is 6.44. The van der Waals surface area contributed by atoms with Gasteiger partial charge in [0.25, 0.3) is 0 Å². The van der Waals surface area contributed by atoms with E-state index >= 15 is 0 Å². The van der Waals surface area contributed by atoms with E-state index in [1.165, 1.54) is 0 Å². The zero-order chi connectivity index (χ0) is 22.5. The summed E-state index contributed by atoms with van der Waals surface area (Å²) in [5.74, 6) is -0.560. The van der Waals surface area contributed by atoms with Gasteiger partial charge in [0.05, 0.1) is 12.1 Å². The summed E-state index contributed by atoms with van der Waals surface area (Å²) in [7, 11) is 1.69. The van der Waals surface area contributed by atoms with Gasteiger partial charge in [-0.15, -0.1) is 0 Å². The maximum atomic E-state index is 12.7. The average Bonchev–Trinajstić information content (AvgIpc) is 3.43. The van der Waals surface area contributed by atoms with Crippen molar-refractivity contribution >= 4 is 18.1 Å². The van der Waals surface area contributed by atoms with Crippen molar-refractivity contribution in [2.24, 2.45) is 17.6 Å². The number of carbonyl (C=O) groups is 3. The standard InChI is InChI=1S/C22H35N3O6/c1-14-9-16(11-17(10-14)20(23)26)15(2)31-22(28)25-7-6-18(12-25)24(3)21(27)30-13-19-5-4-8-29-19/h15-19H,1,4-13H2,2-3H3,(H2,23,26). The van der Waals surface area contributed by atoms with Crippen LogP contribution in [0.3, 0.4) is 0 Å². The van der Waals surface area contributed by atoms with E-state index in [0.29, 0.717) is 39.0 Å². The zero-order valence-electron chi connectivity index (χ0n) is 18.6. The molecule has 0 spiro atoms. The Kier molecular flexibility index (Phi) is 7.80. The normalized spacial score (nSPS) is 29.5. The molecule has 31 heavy (non-hydrogen) atoms. The van der Waals surface area contributed by atoms with Crippen LogP contribution in [-0.2, 0) is 19.0 Å². The molecule has 1 saturated carbocycles. The Hall–Kier alpha value is -2.29. The Morgan fingerprint density at radius 2 is 2.10 bits per heavy atom. The van der Waals surface area contributed by atoms with Crippen molar-refractivity contribution in [2.75, 3.05) is 33.4 Å². The molecule has 3 fully saturated rings. The summed E-state index contributed by atoms with van der Waals surface area (Å²) in [4.78, 5) is 39.8. The van der Waals surface area contributed by atoms with Gasteiger partial charge in [-0.1, -0.05) is 12.2 Å². The largest absolute Gasteiger partial charge is 0.447 e. The summed E-state index contributed by atoms with van der Waals surface area (Å²) in [5, 5.41) is 0. The number of likely N-dealkylation sites (N-methyl/N-ethyl adjacent to an activating group) is 1. The maximum absolute atomic E-state index is 12.7. The topological polar surface area (TPSA) is 111 Å². The highest BCUT2D eigenvalue weighted by Crippen LogP contribution is 2.35. The molecule has 174 valence electrons. The number of nitrogens with zero attached hydrogens (tertiary/aromatic N) is 2. The molecule has 0 radical (unpaired) electrons. The highest BCUT2D eigenvalue weighted by atomic mass is 16.6. The Labute approximate surface area is 183 Å². The lowest BCUT2D eigenvalue weighted by Crippen LogP contribution is -2.42. The molecule has 3 rings (SSSR count). The van der Waals surface area contributed by atoms with Gasteiger partial charge in [-0.3, -0.25) is 4.79 Å². The number of likely N-dealkylation sites (tertiary alicyclic amines) is 1. The van der Waals surface area contributed by atoms with Crippen molar-refractivity contribution in [3.63, 3.8) is 0 Å². The van der Waals surface area contributed by atoms with Crippen molar-refractivity contribution in [1.29, 1.82) is 0 Å². The molecule has 5 unspecified atom stereocenters. The van der Waals surface area contributed by atoms with Gasteiger partial charge in [-0.2, -0.15) is 0 Å². The molecular weight excluding hydrogens is 402 g/mol. The number of amides is 3. The molecule has 3 aliphatic rings. The third-order valence-electron chi connectivity index (χ3n) is 6.70. The summed E-state index contributed by atoms with van der Waals surface area (Å²) >= 11 is 0. The molecule has 0 aromatic rings. The molecule has 2 N–H and O–H groups in total. The summed E-state index contributed by atoms with van der Waals surface area (Å²) in [6.45, 7) is 7.75. The number of ether oxygens (including phenoxy) is 3. The monoisotopic (exact) mass is 437 g/mol. The Bertz CT molecular complexity index is 693. The fourth-order valence-electron chi connectivity index (χ4n) is 4.65. The first kappa shape index (κ1) is 23.4. The number of hydrogen-bond donors (Lipinski definition) is 1. The predicted molar refractivity (Wildman–Crippen MR) is 113 cm³/mol. The van der Waals surface area contributed by atoms with E-state index in [0.717, 1.165) is 24.8 Å². The lowest BCUT2D eigenvalue weighted by atomic mass is 9.76. The molecule has 0 bridgehead atoms. The van der Waals surface area contributed by atoms with Gasteiger partial charge in [-0.05, 0) is 45.4 Å². The highest BCUT2D eigenvalue weighted by Gasteiger charge is 2.36. The minimum absolute atomic E-state index is 0.0149. The van der Waals surface area contributed by atoms with Crippen LogP contribution in [0.5, 0.6) is 0 Å².